The van der Waals surface area contributed by atoms with Crippen LogP contribution in [0.3, 0.4) is 0 Å². The van der Waals surface area contributed by atoms with Crippen LogP contribution in [0.25, 0.3) is 11.1 Å². The normalized spacial score (nSPS) is 17.9. The van der Waals surface area contributed by atoms with Crippen LogP contribution in [0, 0.1) is 13.8 Å². The van der Waals surface area contributed by atoms with Crippen molar-refractivity contribution < 1.29 is 18.0 Å². The summed E-state index contributed by atoms with van der Waals surface area (Å²) in [5, 5.41) is 4.16. The van der Waals surface area contributed by atoms with Crippen molar-refractivity contribution in [2.75, 3.05) is 20.2 Å². The summed E-state index contributed by atoms with van der Waals surface area (Å²) in [5.74, 6) is 0.984. The second-order valence-electron chi connectivity index (χ2n) is 7.73. The SMILES string of the molecule is COc1c(C)cccc1CN1CCCC(c2cc(C(F)F)c3c(C)noc3n2)C1. The maximum atomic E-state index is 13.7. The number of ether oxygens (including phenoxy) is 1. The molecule has 1 aromatic carbocycles. The molecule has 0 saturated carbocycles. The van der Waals surface area contributed by atoms with Crippen molar-refractivity contribution in [1.29, 1.82) is 0 Å². The van der Waals surface area contributed by atoms with Gasteiger partial charge in [0.2, 0.25) is 0 Å². The molecule has 1 unspecified atom stereocenters. The number of hydrogen-bond donors (Lipinski definition) is 0. The standard InChI is InChI=1S/C22H25F2N3O2/c1-13-6-4-7-16(20(13)28-3)12-27-9-5-8-15(11-27)18-10-17(21(23)24)19-14(2)26-29-22(19)25-18/h4,6-7,10,15,21H,5,8-9,11-12H2,1-3H3. The number of rotatable bonds is 5. The fourth-order valence-corrected chi connectivity index (χ4v) is 4.34. The lowest BCUT2D eigenvalue weighted by Crippen LogP contribution is -2.34. The summed E-state index contributed by atoms with van der Waals surface area (Å²) in [6.45, 7) is 6.17. The molecule has 1 aliphatic heterocycles. The first kappa shape index (κ1) is 19.8. The minimum absolute atomic E-state index is 0.0405. The number of piperidine rings is 1. The van der Waals surface area contributed by atoms with Crippen LogP contribution in [0.2, 0.25) is 0 Å². The fourth-order valence-electron chi connectivity index (χ4n) is 4.34. The molecule has 0 spiro atoms. The third-order valence-corrected chi connectivity index (χ3v) is 5.72. The Bertz CT molecular complexity index is 1020. The van der Waals surface area contributed by atoms with E-state index < -0.39 is 6.43 Å². The molecule has 1 saturated heterocycles. The van der Waals surface area contributed by atoms with Gasteiger partial charge in [0.15, 0.2) is 0 Å². The number of para-hydroxylation sites is 1. The van der Waals surface area contributed by atoms with Crippen LogP contribution in [0.15, 0.2) is 28.8 Å². The summed E-state index contributed by atoms with van der Waals surface area (Å²) in [5.41, 5.74) is 3.51. The number of alkyl halides is 2. The predicted molar refractivity (Wildman–Crippen MR) is 106 cm³/mol. The number of likely N-dealkylation sites (tertiary alicyclic amines) is 1. The van der Waals surface area contributed by atoms with Gasteiger partial charge in [-0.1, -0.05) is 23.4 Å². The Labute approximate surface area is 168 Å². The molecule has 29 heavy (non-hydrogen) atoms. The molecule has 0 amide bonds. The first-order valence-corrected chi connectivity index (χ1v) is 9.87. The number of fused-ring (bicyclic) bond motifs is 1. The van der Waals surface area contributed by atoms with E-state index in [1.807, 2.05) is 19.1 Å². The Morgan fingerprint density at radius 1 is 1.31 bits per heavy atom. The number of methoxy groups -OCH3 is 1. The summed E-state index contributed by atoms with van der Waals surface area (Å²) in [4.78, 5) is 6.88. The number of nitrogens with zero attached hydrogens (tertiary/aromatic N) is 3. The number of aryl methyl sites for hydroxylation is 2. The van der Waals surface area contributed by atoms with Crippen molar-refractivity contribution >= 4 is 11.1 Å². The van der Waals surface area contributed by atoms with Crippen molar-refractivity contribution in [3.05, 3.63) is 52.3 Å². The molecule has 0 aliphatic carbocycles. The first-order chi connectivity index (χ1) is 14.0. The largest absolute Gasteiger partial charge is 0.496 e. The summed E-state index contributed by atoms with van der Waals surface area (Å²) in [6.07, 6.45) is -0.693. The third kappa shape index (κ3) is 3.83. The zero-order chi connectivity index (χ0) is 20.5. The molecule has 0 bridgehead atoms. The maximum Gasteiger partial charge on any atom is 0.264 e. The lowest BCUT2D eigenvalue weighted by atomic mass is 9.92. The first-order valence-electron chi connectivity index (χ1n) is 9.87. The second kappa shape index (κ2) is 8.06. The van der Waals surface area contributed by atoms with Crippen LogP contribution in [-0.2, 0) is 6.54 Å². The molecule has 1 aliphatic rings. The lowest BCUT2D eigenvalue weighted by molar-refractivity contribution is 0.152. The van der Waals surface area contributed by atoms with Crippen molar-refractivity contribution in [3.8, 4) is 5.75 Å². The van der Waals surface area contributed by atoms with Crippen molar-refractivity contribution in [1.82, 2.24) is 15.0 Å². The van der Waals surface area contributed by atoms with Gasteiger partial charge in [0, 0.05) is 35.8 Å². The third-order valence-electron chi connectivity index (χ3n) is 5.72. The highest BCUT2D eigenvalue weighted by Crippen LogP contribution is 2.35. The topological polar surface area (TPSA) is 51.4 Å². The average Bonchev–Trinajstić information content (AvgIpc) is 3.08. The Morgan fingerprint density at radius 3 is 2.90 bits per heavy atom. The molecule has 4 rings (SSSR count). The van der Waals surface area contributed by atoms with Gasteiger partial charge in [0.1, 0.15) is 5.75 Å². The molecule has 0 radical (unpaired) electrons. The summed E-state index contributed by atoms with van der Waals surface area (Å²) in [6, 6.07) is 7.68. The molecule has 1 fully saturated rings. The van der Waals surface area contributed by atoms with E-state index in [2.05, 4.69) is 21.1 Å². The number of benzene rings is 1. The zero-order valence-corrected chi connectivity index (χ0v) is 16.9. The van der Waals surface area contributed by atoms with Gasteiger partial charge in [0.05, 0.1) is 18.2 Å². The Morgan fingerprint density at radius 2 is 2.14 bits per heavy atom. The highest BCUT2D eigenvalue weighted by Gasteiger charge is 2.27. The molecule has 3 heterocycles. The molecule has 2 aromatic heterocycles. The molecule has 7 heteroatoms. The van der Waals surface area contributed by atoms with E-state index in [-0.39, 0.29) is 17.2 Å². The van der Waals surface area contributed by atoms with Gasteiger partial charge in [0.25, 0.3) is 12.1 Å². The van der Waals surface area contributed by atoms with E-state index >= 15 is 0 Å². The molecule has 5 nitrogen and oxygen atoms in total. The summed E-state index contributed by atoms with van der Waals surface area (Å²) < 4.78 is 38.1. The molecule has 3 aromatic rings. The van der Waals surface area contributed by atoms with Crippen LogP contribution in [0.4, 0.5) is 8.78 Å². The monoisotopic (exact) mass is 401 g/mol. The minimum atomic E-state index is -2.59. The molecular weight excluding hydrogens is 376 g/mol. The van der Waals surface area contributed by atoms with E-state index in [0.717, 1.165) is 49.4 Å². The van der Waals surface area contributed by atoms with Gasteiger partial charge < -0.3 is 9.26 Å². The van der Waals surface area contributed by atoms with E-state index in [4.69, 9.17) is 9.26 Å². The van der Waals surface area contributed by atoms with Crippen LogP contribution in [0.5, 0.6) is 5.75 Å². The van der Waals surface area contributed by atoms with Crippen LogP contribution >= 0.6 is 0 Å². The average molecular weight is 401 g/mol. The highest BCUT2D eigenvalue weighted by molar-refractivity contribution is 5.80. The number of hydrogen-bond acceptors (Lipinski definition) is 5. The van der Waals surface area contributed by atoms with Gasteiger partial charge in [-0.2, -0.15) is 0 Å². The van der Waals surface area contributed by atoms with Gasteiger partial charge >= 0.3 is 0 Å². The summed E-state index contributed by atoms with van der Waals surface area (Å²) >= 11 is 0. The van der Waals surface area contributed by atoms with E-state index in [0.29, 0.717) is 16.8 Å². The van der Waals surface area contributed by atoms with Gasteiger partial charge in [-0.3, -0.25) is 4.90 Å². The maximum absolute atomic E-state index is 13.7. The molecular formula is C22H25F2N3O2. The molecule has 1 atom stereocenters. The smallest absolute Gasteiger partial charge is 0.264 e. The zero-order valence-electron chi connectivity index (χ0n) is 16.9. The van der Waals surface area contributed by atoms with Gasteiger partial charge in [-0.15, -0.1) is 0 Å². The van der Waals surface area contributed by atoms with E-state index in [1.165, 1.54) is 0 Å². The van der Waals surface area contributed by atoms with Crippen LogP contribution in [0.1, 0.15) is 53.3 Å². The molecule has 0 N–H and O–H groups in total. The number of pyridine rings is 1. The Hall–Kier alpha value is -2.54. The van der Waals surface area contributed by atoms with Crippen molar-refractivity contribution in [2.45, 2.75) is 45.6 Å². The van der Waals surface area contributed by atoms with E-state index in [9.17, 15) is 8.78 Å². The Kier molecular flexibility index (Phi) is 5.50. The fraction of sp³-hybridized carbons (Fsp3) is 0.455. The lowest BCUT2D eigenvalue weighted by Gasteiger charge is -2.33. The van der Waals surface area contributed by atoms with Crippen LogP contribution in [-0.4, -0.2) is 35.2 Å². The van der Waals surface area contributed by atoms with E-state index in [1.54, 1.807) is 20.1 Å². The van der Waals surface area contributed by atoms with Gasteiger partial charge in [-0.05, 0) is 44.9 Å². The number of halogens is 2. The highest BCUT2D eigenvalue weighted by atomic mass is 19.3. The predicted octanol–water partition coefficient (Wildman–Crippen LogP) is 5.17. The number of aromatic nitrogens is 2. The molecule has 154 valence electrons. The minimum Gasteiger partial charge on any atom is -0.496 e. The van der Waals surface area contributed by atoms with Crippen LogP contribution < -0.4 is 4.74 Å². The summed E-state index contributed by atoms with van der Waals surface area (Å²) in [7, 11) is 1.69. The second-order valence-corrected chi connectivity index (χ2v) is 7.73. The quantitative estimate of drug-likeness (QED) is 0.591. The Balaban J connectivity index is 1.60. The van der Waals surface area contributed by atoms with Gasteiger partial charge in [-0.25, -0.2) is 13.8 Å². The van der Waals surface area contributed by atoms with Crippen molar-refractivity contribution in [2.24, 2.45) is 0 Å². The van der Waals surface area contributed by atoms with Crippen molar-refractivity contribution in [3.63, 3.8) is 0 Å².